The molecule has 1 fully saturated rings. The van der Waals surface area contributed by atoms with Gasteiger partial charge in [0.25, 0.3) is 0 Å². The molecule has 0 saturated carbocycles. The van der Waals surface area contributed by atoms with Crippen molar-refractivity contribution < 1.29 is 4.74 Å². The molecule has 1 aliphatic rings. The van der Waals surface area contributed by atoms with Crippen LogP contribution in [0.4, 0.5) is 0 Å². The zero-order valence-electron chi connectivity index (χ0n) is 5.39. The highest BCUT2D eigenvalue weighted by atomic mass is 32.2. The van der Waals surface area contributed by atoms with Gasteiger partial charge in [-0.15, -0.1) is 11.8 Å². The molecule has 1 saturated heterocycles. The number of rotatable bonds is 0. The van der Waals surface area contributed by atoms with Crippen molar-refractivity contribution >= 4 is 11.8 Å². The second kappa shape index (κ2) is 2.74. The van der Waals surface area contributed by atoms with E-state index >= 15 is 0 Å². The average Bonchev–Trinajstić information content (AvgIpc) is 1.64. The van der Waals surface area contributed by atoms with E-state index < -0.39 is 0 Å². The van der Waals surface area contributed by atoms with Gasteiger partial charge in [0.1, 0.15) is 5.44 Å². The molecule has 0 N–H and O–H groups in total. The van der Waals surface area contributed by atoms with E-state index in [-0.39, 0.29) is 0 Å². The van der Waals surface area contributed by atoms with Gasteiger partial charge in [-0.05, 0) is 13.3 Å². The smallest absolute Gasteiger partial charge is 0.100 e. The van der Waals surface area contributed by atoms with Gasteiger partial charge in [0.2, 0.25) is 0 Å². The maximum absolute atomic E-state index is 5.31. The molecule has 0 unspecified atom stereocenters. The van der Waals surface area contributed by atoms with Crippen LogP contribution in [0.1, 0.15) is 20.3 Å². The van der Waals surface area contributed by atoms with Crippen molar-refractivity contribution in [2.75, 3.05) is 6.61 Å². The summed E-state index contributed by atoms with van der Waals surface area (Å²) in [7, 11) is 0. The van der Waals surface area contributed by atoms with Crippen LogP contribution in [-0.2, 0) is 4.74 Å². The Bertz CT molecular complexity index is 66.9. The van der Waals surface area contributed by atoms with Crippen molar-refractivity contribution in [1.29, 1.82) is 0 Å². The quantitative estimate of drug-likeness (QED) is 0.497. The maximum Gasteiger partial charge on any atom is 0.100 e. The minimum atomic E-state index is 0.429. The van der Waals surface area contributed by atoms with Crippen molar-refractivity contribution in [2.45, 2.75) is 31.0 Å². The second-order valence-electron chi connectivity index (χ2n) is 2.17. The molecule has 2 heteroatoms. The molecule has 8 heavy (non-hydrogen) atoms. The zero-order chi connectivity index (χ0) is 5.98. The molecule has 1 nitrogen and oxygen atoms in total. The third kappa shape index (κ3) is 1.67. The summed E-state index contributed by atoms with van der Waals surface area (Å²) >= 11 is 1.92. The Morgan fingerprint density at radius 1 is 1.50 bits per heavy atom. The van der Waals surface area contributed by atoms with Crippen LogP contribution < -0.4 is 0 Å². The molecular weight excluding hydrogens is 120 g/mol. The van der Waals surface area contributed by atoms with Crippen molar-refractivity contribution in [3.8, 4) is 0 Å². The van der Waals surface area contributed by atoms with Crippen molar-refractivity contribution in [2.24, 2.45) is 0 Å². The van der Waals surface area contributed by atoms with E-state index in [2.05, 4.69) is 13.8 Å². The van der Waals surface area contributed by atoms with Crippen LogP contribution in [0.5, 0.6) is 0 Å². The summed E-state index contributed by atoms with van der Waals surface area (Å²) in [6.45, 7) is 5.32. The largest absolute Gasteiger partial charge is 0.368 e. The normalized spacial score (nSPS) is 39.8. The molecule has 0 aromatic rings. The van der Waals surface area contributed by atoms with Gasteiger partial charge in [0.15, 0.2) is 0 Å². The maximum atomic E-state index is 5.31. The molecule has 0 aliphatic carbocycles. The monoisotopic (exact) mass is 132 g/mol. The minimum Gasteiger partial charge on any atom is -0.368 e. The topological polar surface area (TPSA) is 9.23 Å². The molecule has 0 aromatic heterocycles. The van der Waals surface area contributed by atoms with E-state index in [9.17, 15) is 0 Å². The third-order valence-electron chi connectivity index (χ3n) is 1.30. The Labute approximate surface area is 54.8 Å². The molecule has 0 amide bonds. The Morgan fingerprint density at radius 2 is 2.25 bits per heavy atom. The van der Waals surface area contributed by atoms with Crippen LogP contribution in [0.2, 0.25) is 0 Å². The van der Waals surface area contributed by atoms with E-state index in [0.29, 0.717) is 5.44 Å². The molecule has 0 aromatic carbocycles. The summed E-state index contributed by atoms with van der Waals surface area (Å²) in [4.78, 5) is 0. The van der Waals surface area contributed by atoms with Crippen molar-refractivity contribution in [3.05, 3.63) is 0 Å². The molecule has 1 rings (SSSR count). The highest BCUT2D eigenvalue weighted by Crippen LogP contribution is 2.25. The van der Waals surface area contributed by atoms with Crippen LogP contribution >= 0.6 is 11.8 Å². The van der Waals surface area contributed by atoms with Crippen molar-refractivity contribution in [3.63, 3.8) is 0 Å². The Balaban J connectivity index is 2.23. The zero-order valence-corrected chi connectivity index (χ0v) is 6.20. The lowest BCUT2D eigenvalue weighted by Gasteiger charge is -2.23. The summed E-state index contributed by atoms with van der Waals surface area (Å²) in [5, 5.41) is 0.804. The molecule has 0 radical (unpaired) electrons. The summed E-state index contributed by atoms with van der Waals surface area (Å²) in [6.07, 6.45) is 1.22. The first-order valence-electron chi connectivity index (χ1n) is 3.06. The van der Waals surface area contributed by atoms with Gasteiger partial charge < -0.3 is 4.74 Å². The SMILES string of the molecule is C[C@@H]1CCO[C@@H](C)S1. The van der Waals surface area contributed by atoms with Crippen LogP contribution in [0, 0.1) is 0 Å². The van der Waals surface area contributed by atoms with Crippen LogP contribution in [-0.4, -0.2) is 17.3 Å². The summed E-state index contributed by atoms with van der Waals surface area (Å²) in [5.74, 6) is 0. The number of thioether (sulfide) groups is 1. The highest BCUT2D eigenvalue weighted by Gasteiger charge is 2.14. The Hall–Kier alpha value is 0.310. The lowest BCUT2D eigenvalue weighted by molar-refractivity contribution is 0.112. The number of hydrogen-bond donors (Lipinski definition) is 0. The van der Waals surface area contributed by atoms with Gasteiger partial charge in [-0.2, -0.15) is 0 Å². The second-order valence-corrected chi connectivity index (χ2v) is 3.91. The van der Waals surface area contributed by atoms with Gasteiger partial charge in [0, 0.05) is 11.9 Å². The fourth-order valence-corrected chi connectivity index (χ4v) is 1.90. The summed E-state index contributed by atoms with van der Waals surface area (Å²) in [6, 6.07) is 0. The Morgan fingerprint density at radius 3 is 2.62 bits per heavy atom. The summed E-state index contributed by atoms with van der Waals surface area (Å²) in [5.41, 5.74) is 0.429. The molecule has 1 heterocycles. The van der Waals surface area contributed by atoms with E-state index in [4.69, 9.17) is 4.74 Å². The first-order valence-corrected chi connectivity index (χ1v) is 4.00. The first kappa shape index (κ1) is 6.43. The predicted molar refractivity (Wildman–Crippen MR) is 37.1 cm³/mol. The van der Waals surface area contributed by atoms with Gasteiger partial charge in [-0.3, -0.25) is 0 Å². The van der Waals surface area contributed by atoms with Gasteiger partial charge in [-0.25, -0.2) is 0 Å². The van der Waals surface area contributed by atoms with Gasteiger partial charge in [-0.1, -0.05) is 6.92 Å². The molecule has 0 bridgehead atoms. The van der Waals surface area contributed by atoms with E-state index in [1.807, 2.05) is 11.8 Å². The highest BCUT2D eigenvalue weighted by molar-refractivity contribution is 8.00. The lowest BCUT2D eigenvalue weighted by Crippen LogP contribution is -2.18. The third-order valence-corrected chi connectivity index (χ3v) is 2.52. The average molecular weight is 132 g/mol. The van der Waals surface area contributed by atoms with Crippen molar-refractivity contribution in [1.82, 2.24) is 0 Å². The number of ether oxygens (including phenoxy) is 1. The lowest BCUT2D eigenvalue weighted by atomic mass is 10.3. The molecular formula is C6H12OS. The standard InChI is InChI=1S/C6H12OS/c1-5-3-4-7-6(2)8-5/h5-6H,3-4H2,1-2H3/t5-,6-/m1/s1. The molecule has 1 aliphatic heterocycles. The van der Waals surface area contributed by atoms with Gasteiger partial charge in [0.05, 0.1) is 0 Å². The van der Waals surface area contributed by atoms with E-state index in [1.165, 1.54) is 6.42 Å². The van der Waals surface area contributed by atoms with Crippen LogP contribution in [0.15, 0.2) is 0 Å². The molecule has 2 atom stereocenters. The molecule has 48 valence electrons. The predicted octanol–water partition coefficient (Wildman–Crippen LogP) is 1.87. The first-order chi connectivity index (χ1) is 3.79. The van der Waals surface area contributed by atoms with Crippen LogP contribution in [0.3, 0.4) is 0 Å². The van der Waals surface area contributed by atoms with Gasteiger partial charge >= 0.3 is 0 Å². The van der Waals surface area contributed by atoms with Crippen LogP contribution in [0.25, 0.3) is 0 Å². The molecule has 0 spiro atoms. The van der Waals surface area contributed by atoms with E-state index in [0.717, 1.165) is 11.9 Å². The summed E-state index contributed by atoms with van der Waals surface area (Å²) < 4.78 is 5.31. The fourth-order valence-electron chi connectivity index (χ4n) is 0.834. The fraction of sp³-hybridized carbons (Fsp3) is 1.00. The number of hydrogen-bond acceptors (Lipinski definition) is 2. The van der Waals surface area contributed by atoms with E-state index in [1.54, 1.807) is 0 Å². The Kier molecular flexibility index (Phi) is 2.20. The minimum absolute atomic E-state index is 0.429.